The van der Waals surface area contributed by atoms with E-state index in [4.69, 9.17) is 4.74 Å². The maximum absolute atomic E-state index is 5.94. The molecular formula is C22H29N3O. The van der Waals surface area contributed by atoms with Crippen molar-refractivity contribution in [2.24, 2.45) is 5.92 Å². The number of fused-ring (bicyclic) bond motifs is 1. The summed E-state index contributed by atoms with van der Waals surface area (Å²) in [6.45, 7) is 7.77. The summed E-state index contributed by atoms with van der Waals surface area (Å²) in [4.78, 5) is 9.48. The molecule has 1 aromatic carbocycles. The number of benzene rings is 1. The number of hydrogen-bond donors (Lipinski definition) is 0. The van der Waals surface area contributed by atoms with Gasteiger partial charge in [0.1, 0.15) is 5.75 Å². The highest BCUT2D eigenvalue weighted by molar-refractivity contribution is 5.34. The minimum Gasteiger partial charge on any atom is -0.493 e. The Kier molecular flexibility index (Phi) is 5.82. The molecule has 4 rings (SSSR count). The highest BCUT2D eigenvalue weighted by Gasteiger charge is 2.22. The quantitative estimate of drug-likeness (QED) is 0.846. The molecule has 0 radical (unpaired) electrons. The molecular weight excluding hydrogens is 322 g/mol. The average molecular weight is 351 g/mol. The Bertz CT molecular complexity index is 691. The number of aromatic nitrogens is 1. The molecule has 0 amide bonds. The van der Waals surface area contributed by atoms with Gasteiger partial charge >= 0.3 is 0 Å². The lowest BCUT2D eigenvalue weighted by atomic mass is 9.96. The summed E-state index contributed by atoms with van der Waals surface area (Å²) < 4.78 is 5.94. The van der Waals surface area contributed by atoms with Crippen LogP contribution >= 0.6 is 0 Å². The van der Waals surface area contributed by atoms with Crippen LogP contribution in [0.5, 0.6) is 5.75 Å². The van der Waals surface area contributed by atoms with Crippen LogP contribution in [0.2, 0.25) is 0 Å². The Balaban J connectivity index is 1.30. The van der Waals surface area contributed by atoms with Gasteiger partial charge in [0, 0.05) is 38.6 Å². The standard InChI is InChI=1S/C22H29N3O/c1-2-7-22-21(6-1)15-19(8-14-26-22)17-24-10-4-11-25(13-12-24)18-20-5-3-9-23-16-20/h1-3,5-7,9,16,19H,4,8,10-15,17-18H2/t19-/m0/s1. The molecule has 0 unspecified atom stereocenters. The molecule has 1 saturated heterocycles. The highest BCUT2D eigenvalue weighted by Crippen LogP contribution is 2.27. The molecule has 26 heavy (non-hydrogen) atoms. The molecule has 2 aromatic rings. The molecule has 1 fully saturated rings. The Labute approximate surface area is 156 Å². The Morgan fingerprint density at radius 3 is 2.81 bits per heavy atom. The Morgan fingerprint density at radius 2 is 1.88 bits per heavy atom. The zero-order valence-corrected chi connectivity index (χ0v) is 15.5. The van der Waals surface area contributed by atoms with Gasteiger partial charge in [-0.3, -0.25) is 9.88 Å². The van der Waals surface area contributed by atoms with Crippen molar-refractivity contribution in [3.05, 3.63) is 59.9 Å². The summed E-state index contributed by atoms with van der Waals surface area (Å²) in [6, 6.07) is 12.8. The minimum atomic E-state index is 0.698. The lowest BCUT2D eigenvalue weighted by Gasteiger charge is -2.25. The van der Waals surface area contributed by atoms with Gasteiger partial charge in [-0.25, -0.2) is 0 Å². The average Bonchev–Trinajstić information content (AvgIpc) is 3.01. The van der Waals surface area contributed by atoms with E-state index >= 15 is 0 Å². The maximum Gasteiger partial charge on any atom is 0.122 e. The number of pyridine rings is 1. The van der Waals surface area contributed by atoms with Crippen LogP contribution in [-0.4, -0.2) is 54.1 Å². The smallest absolute Gasteiger partial charge is 0.122 e. The van der Waals surface area contributed by atoms with Gasteiger partial charge in [0.2, 0.25) is 0 Å². The van der Waals surface area contributed by atoms with E-state index in [1.165, 1.54) is 43.7 Å². The minimum absolute atomic E-state index is 0.698. The van der Waals surface area contributed by atoms with E-state index in [-0.39, 0.29) is 0 Å². The molecule has 0 bridgehead atoms. The molecule has 0 N–H and O–H groups in total. The van der Waals surface area contributed by atoms with E-state index < -0.39 is 0 Å². The van der Waals surface area contributed by atoms with Crippen molar-refractivity contribution in [1.29, 1.82) is 0 Å². The number of hydrogen-bond acceptors (Lipinski definition) is 4. The van der Waals surface area contributed by atoms with Crippen LogP contribution in [0.15, 0.2) is 48.8 Å². The van der Waals surface area contributed by atoms with Gasteiger partial charge in [-0.2, -0.15) is 0 Å². The lowest BCUT2D eigenvalue weighted by Crippen LogP contribution is -2.34. The van der Waals surface area contributed by atoms with E-state index in [0.717, 1.165) is 38.3 Å². The van der Waals surface area contributed by atoms with E-state index in [9.17, 15) is 0 Å². The second-order valence-corrected chi connectivity index (χ2v) is 7.61. The first-order valence-corrected chi connectivity index (χ1v) is 9.91. The molecule has 0 saturated carbocycles. The van der Waals surface area contributed by atoms with Crippen molar-refractivity contribution in [3.8, 4) is 5.75 Å². The molecule has 0 aliphatic carbocycles. The molecule has 2 aliphatic rings. The molecule has 1 aromatic heterocycles. The molecule has 138 valence electrons. The van der Waals surface area contributed by atoms with Gasteiger partial charge in [0.25, 0.3) is 0 Å². The number of para-hydroxylation sites is 1. The Hall–Kier alpha value is -1.91. The molecule has 2 aliphatic heterocycles. The SMILES string of the molecule is c1cncc(CN2CCCN(C[C@H]3CCOc4ccccc4C3)CC2)c1. The van der Waals surface area contributed by atoms with Gasteiger partial charge in [-0.1, -0.05) is 24.3 Å². The van der Waals surface area contributed by atoms with Gasteiger partial charge in [-0.15, -0.1) is 0 Å². The number of ether oxygens (including phenoxy) is 1. The van der Waals surface area contributed by atoms with Crippen LogP contribution in [0, 0.1) is 5.92 Å². The monoisotopic (exact) mass is 351 g/mol. The van der Waals surface area contributed by atoms with E-state index in [2.05, 4.69) is 45.1 Å². The summed E-state index contributed by atoms with van der Waals surface area (Å²) in [5.74, 6) is 1.79. The van der Waals surface area contributed by atoms with E-state index in [1.807, 2.05) is 18.5 Å². The number of rotatable bonds is 4. The zero-order chi connectivity index (χ0) is 17.6. The summed E-state index contributed by atoms with van der Waals surface area (Å²) >= 11 is 0. The predicted molar refractivity (Wildman–Crippen MR) is 104 cm³/mol. The first kappa shape index (κ1) is 17.5. The van der Waals surface area contributed by atoms with Crippen molar-refractivity contribution in [3.63, 3.8) is 0 Å². The second-order valence-electron chi connectivity index (χ2n) is 7.61. The van der Waals surface area contributed by atoms with Gasteiger partial charge in [0.15, 0.2) is 0 Å². The van der Waals surface area contributed by atoms with Crippen molar-refractivity contribution in [2.45, 2.75) is 25.8 Å². The summed E-state index contributed by atoms with van der Waals surface area (Å²) in [5.41, 5.74) is 2.70. The molecule has 1 atom stereocenters. The third kappa shape index (κ3) is 4.63. The van der Waals surface area contributed by atoms with Gasteiger partial charge in [-0.05, 0) is 61.5 Å². The van der Waals surface area contributed by atoms with Crippen molar-refractivity contribution in [2.75, 3.05) is 39.3 Å². The number of nitrogens with zero attached hydrogens (tertiary/aromatic N) is 3. The van der Waals surface area contributed by atoms with Crippen molar-refractivity contribution in [1.82, 2.24) is 14.8 Å². The third-order valence-electron chi connectivity index (χ3n) is 5.59. The fourth-order valence-corrected chi connectivity index (χ4v) is 4.20. The Morgan fingerprint density at radius 1 is 1.00 bits per heavy atom. The zero-order valence-electron chi connectivity index (χ0n) is 15.5. The summed E-state index contributed by atoms with van der Waals surface area (Å²) in [6.07, 6.45) is 7.39. The highest BCUT2D eigenvalue weighted by atomic mass is 16.5. The van der Waals surface area contributed by atoms with Crippen LogP contribution < -0.4 is 4.74 Å². The van der Waals surface area contributed by atoms with Crippen LogP contribution in [-0.2, 0) is 13.0 Å². The predicted octanol–water partition coefficient (Wildman–Crippen LogP) is 3.23. The molecule has 4 nitrogen and oxygen atoms in total. The second kappa shape index (κ2) is 8.65. The first-order valence-electron chi connectivity index (χ1n) is 9.91. The maximum atomic E-state index is 5.94. The molecule has 3 heterocycles. The molecule has 0 spiro atoms. The van der Waals surface area contributed by atoms with E-state index in [1.54, 1.807) is 0 Å². The van der Waals surface area contributed by atoms with Gasteiger partial charge in [0.05, 0.1) is 6.61 Å². The summed E-state index contributed by atoms with van der Waals surface area (Å²) in [7, 11) is 0. The largest absolute Gasteiger partial charge is 0.493 e. The normalized spacial score (nSPS) is 22.1. The van der Waals surface area contributed by atoms with Crippen molar-refractivity contribution < 1.29 is 4.74 Å². The van der Waals surface area contributed by atoms with Gasteiger partial charge < -0.3 is 9.64 Å². The van der Waals surface area contributed by atoms with Crippen LogP contribution in [0.3, 0.4) is 0 Å². The lowest BCUT2D eigenvalue weighted by molar-refractivity contribution is 0.208. The van der Waals surface area contributed by atoms with E-state index in [0.29, 0.717) is 5.92 Å². The topological polar surface area (TPSA) is 28.6 Å². The first-order chi connectivity index (χ1) is 12.9. The fourth-order valence-electron chi connectivity index (χ4n) is 4.20. The summed E-state index contributed by atoms with van der Waals surface area (Å²) in [5, 5.41) is 0. The molecule has 4 heteroatoms. The van der Waals surface area contributed by atoms with Crippen LogP contribution in [0.1, 0.15) is 24.0 Å². The van der Waals surface area contributed by atoms with Crippen molar-refractivity contribution >= 4 is 0 Å². The van der Waals surface area contributed by atoms with Crippen LogP contribution in [0.4, 0.5) is 0 Å². The van der Waals surface area contributed by atoms with Crippen LogP contribution in [0.25, 0.3) is 0 Å². The fraction of sp³-hybridized carbons (Fsp3) is 0.500. The third-order valence-corrected chi connectivity index (χ3v) is 5.59.